The second-order valence-corrected chi connectivity index (χ2v) is 8.08. The number of aromatic amines is 1. The third-order valence-corrected chi connectivity index (χ3v) is 5.50. The average molecular weight is 449 g/mol. The molecule has 3 heterocycles. The van der Waals surface area contributed by atoms with Crippen molar-refractivity contribution in [3.63, 3.8) is 0 Å². The Bertz CT molecular complexity index is 1570. The van der Waals surface area contributed by atoms with Gasteiger partial charge < -0.3 is 9.72 Å². The summed E-state index contributed by atoms with van der Waals surface area (Å²) in [6.07, 6.45) is 2.62. The predicted molar refractivity (Wildman–Crippen MR) is 105 cm³/mol. The number of methoxy groups -OCH3 is 1. The van der Waals surface area contributed by atoms with Crippen molar-refractivity contribution in [1.82, 2.24) is 19.5 Å². The van der Waals surface area contributed by atoms with Gasteiger partial charge in [-0.3, -0.25) is 19.1 Å². The number of H-pyrrole nitrogens is 1. The van der Waals surface area contributed by atoms with Crippen molar-refractivity contribution >= 4 is 32.1 Å². The lowest BCUT2D eigenvalue weighted by Crippen LogP contribution is -2.37. The van der Waals surface area contributed by atoms with Crippen molar-refractivity contribution in [1.29, 1.82) is 0 Å². The number of aromatic nitrogens is 4. The van der Waals surface area contributed by atoms with Gasteiger partial charge in [0.1, 0.15) is 22.9 Å². The number of primary sulfonamides is 1. The molecular formula is C18H13F2N5O5S. The van der Waals surface area contributed by atoms with Crippen LogP contribution in [0.5, 0.6) is 5.75 Å². The zero-order chi connectivity index (χ0) is 22.5. The Balaban J connectivity index is 2.02. The van der Waals surface area contributed by atoms with E-state index in [-0.39, 0.29) is 16.6 Å². The molecule has 0 aliphatic carbocycles. The van der Waals surface area contributed by atoms with Crippen LogP contribution in [0.25, 0.3) is 22.1 Å². The number of hydrogen-bond acceptors (Lipinski definition) is 7. The largest absolute Gasteiger partial charge is 0.495 e. The standard InChI is InChI=1S/C18H13F2N5O5S/c1-30-8-2-13-15(23-5-8)16-14(6-22-13)24-17(26)18(27)25(16)7-10-11(19)3-9(4-12(10)20)31(21,28)29/h2-6H,7H2,1H3,(H,24,26)(H2,21,28,29). The van der Waals surface area contributed by atoms with E-state index in [4.69, 9.17) is 9.88 Å². The van der Waals surface area contributed by atoms with Crippen LogP contribution in [-0.4, -0.2) is 35.0 Å². The van der Waals surface area contributed by atoms with E-state index in [9.17, 15) is 26.8 Å². The highest BCUT2D eigenvalue weighted by molar-refractivity contribution is 7.89. The number of ether oxygens (including phenoxy) is 1. The highest BCUT2D eigenvalue weighted by Crippen LogP contribution is 2.24. The number of pyridine rings is 2. The van der Waals surface area contributed by atoms with Gasteiger partial charge >= 0.3 is 11.1 Å². The summed E-state index contributed by atoms with van der Waals surface area (Å²) in [6.45, 7) is -0.714. The number of nitrogens with one attached hydrogen (secondary N) is 1. The summed E-state index contributed by atoms with van der Waals surface area (Å²) in [5.74, 6) is -2.12. The molecule has 13 heteroatoms. The Morgan fingerprint density at radius 1 is 1.13 bits per heavy atom. The van der Waals surface area contributed by atoms with Crippen LogP contribution in [0.4, 0.5) is 8.78 Å². The number of fused-ring (bicyclic) bond motifs is 3. The fourth-order valence-electron chi connectivity index (χ4n) is 3.12. The second kappa shape index (κ2) is 7.21. The molecule has 0 amide bonds. The average Bonchev–Trinajstić information content (AvgIpc) is 2.71. The molecule has 0 aliphatic rings. The molecule has 4 rings (SSSR count). The van der Waals surface area contributed by atoms with Crippen molar-refractivity contribution in [2.24, 2.45) is 5.14 Å². The third-order valence-electron chi connectivity index (χ3n) is 4.61. The maximum absolute atomic E-state index is 14.6. The van der Waals surface area contributed by atoms with Gasteiger partial charge in [0.05, 0.1) is 47.5 Å². The number of nitrogens with two attached hydrogens (primary N) is 1. The first-order chi connectivity index (χ1) is 14.6. The summed E-state index contributed by atoms with van der Waals surface area (Å²) < 4.78 is 57.9. The summed E-state index contributed by atoms with van der Waals surface area (Å²) in [5.41, 5.74) is -2.11. The molecule has 0 bridgehead atoms. The lowest BCUT2D eigenvalue weighted by Gasteiger charge is -2.13. The van der Waals surface area contributed by atoms with Crippen LogP contribution in [-0.2, 0) is 16.6 Å². The zero-order valence-electron chi connectivity index (χ0n) is 15.7. The van der Waals surface area contributed by atoms with E-state index < -0.39 is 49.8 Å². The van der Waals surface area contributed by atoms with E-state index in [0.717, 1.165) is 4.57 Å². The molecular weight excluding hydrogens is 436 g/mol. The Morgan fingerprint density at radius 2 is 1.81 bits per heavy atom. The molecule has 0 radical (unpaired) electrons. The monoisotopic (exact) mass is 449 g/mol. The van der Waals surface area contributed by atoms with Gasteiger partial charge in [-0.15, -0.1) is 0 Å². The summed E-state index contributed by atoms with van der Waals surface area (Å²) in [7, 11) is -2.93. The Kier molecular flexibility index (Phi) is 4.78. The summed E-state index contributed by atoms with van der Waals surface area (Å²) in [6, 6.07) is 2.61. The molecule has 0 unspecified atom stereocenters. The predicted octanol–water partition coefficient (Wildman–Crippen LogP) is 0.616. The minimum Gasteiger partial charge on any atom is -0.495 e. The Hall–Kier alpha value is -3.71. The number of hydrogen-bond donors (Lipinski definition) is 2. The first-order valence-electron chi connectivity index (χ1n) is 8.56. The summed E-state index contributed by atoms with van der Waals surface area (Å²) in [5, 5.41) is 4.91. The van der Waals surface area contributed by atoms with Crippen LogP contribution in [0.1, 0.15) is 5.56 Å². The summed E-state index contributed by atoms with van der Waals surface area (Å²) >= 11 is 0. The molecule has 1 aromatic carbocycles. The van der Waals surface area contributed by atoms with Crippen LogP contribution in [0.3, 0.4) is 0 Å². The maximum Gasteiger partial charge on any atom is 0.317 e. The second-order valence-electron chi connectivity index (χ2n) is 6.52. The molecule has 0 aliphatic heterocycles. The minimum absolute atomic E-state index is 0.0755. The molecule has 31 heavy (non-hydrogen) atoms. The highest BCUT2D eigenvalue weighted by atomic mass is 32.2. The molecule has 3 aromatic heterocycles. The van der Waals surface area contributed by atoms with Gasteiger partial charge in [-0.05, 0) is 12.1 Å². The van der Waals surface area contributed by atoms with Gasteiger partial charge in [-0.2, -0.15) is 0 Å². The quantitative estimate of drug-likeness (QED) is 0.342. The first kappa shape index (κ1) is 20.6. The molecule has 0 saturated carbocycles. The van der Waals surface area contributed by atoms with Gasteiger partial charge in [-0.1, -0.05) is 0 Å². The van der Waals surface area contributed by atoms with Gasteiger partial charge in [0.2, 0.25) is 10.0 Å². The van der Waals surface area contributed by atoms with Crippen LogP contribution < -0.4 is 21.0 Å². The fourth-order valence-corrected chi connectivity index (χ4v) is 3.65. The van der Waals surface area contributed by atoms with Crippen molar-refractivity contribution in [3.05, 3.63) is 68.5 Å². The number of benzene rings is 1. The Morgan fingerprint density at radius 3 is 2.42 bits per heavy atom. The molecule has 0 saturated heterocycles. The minimum atomic E-state index is -4.36. The fraction of sp³-hybridized carbons (Fsp3) is 0.111. The normalized spacial score (nSPS) is 11.9. The van der Waals surface area contributed by atoms with Crippen molar-refractivity contribution in [3.8, 4) is 5.75 Å². The first-order valence-corrected chi connectivity index (χ1v) is 10.1. The molecule has 4 aromatic rings. The van der Waals surface area contributed by atoms with E-state index in [2.05, 4.69) is 15.0 Å². The van der Waals surface area contributed by atoms with Gasteiger partial charge in [-0.25, -0.2) is 27.3 Å². The number of halogens is 2. The van der Waals surface area contributed by atoms with Crippen molar-refractivity contribution < 1.29 is 21.9 Å². The van der Waals surface area contributed by atoms with E-state index in [1.165, 1.54) is 25.6 Å². The molecule has 10 nitrogen and oxygen atoms in total. The lowest BCUT2D eigenvalue weighted by atomic mass is 10.2. The van der Waals surface area contributed by atoms with Gasteiger partial charge in [0, 0.05) is 11.6 Å². The number of nitrogens with zero attached hydrogens (tertiary/aromatic N) is 3. The SMILES string of the molecule is COc1cnc2c(c1)ncc1[nH]c(=O)c(=O)n(Cc3c(F)cc(S(N)(=O)=O)cc3F)c12. The molecule has 3 N–H and O–H groups in total. The van der Waals surface area contributed by atoms with E-state index >= 15 is 0 Å². The smallest absolute Gasteiger partial charge is 0.317 e. The van der Waals surface area contributed by atoms with Crippen LogP contribution in [0.2, 0.25) is 0 Å². The van der Waals surface area contributed by atoms with Crippen molar-refractivity contribution in [2.45, 2.75) is 11.4 Å². The Labute approximate surface area is 172 Å². The maximum atomic E-state index is 14.6. The molecule has 0 atom stereocenters. The van der Waals surface area contributed by atoms with Crippen molar-refractivity contribution in [2.75, 3.05) is 7.11 Å². The summed E-state index contributed by atoms with van der Waals surface area (Å²) in [4.78, 5) is 34.6. The third kappa shape index (κ3) is 3.53. The van der Waals surface area contributed by atoms with Crippen LogP contribution in [0.15, 0.2) is 45.1 Å². The number of sulfonamides is 1. The van der Waals surface area contributed by atoms with E-state index in [0.29, 0.717) is 23.4 Å². The molecule has 0 fully saturated rings. The zero-order valence-corrected chi connectivity index (χ0v) is 16.5. The number of rotatable bonds is 4. The van der Waals surface area contributed by atoms with Crippen LogP contribution >= 0.6 is 0 Å². The van der Waals surface area contributed by atoms with Gasteiger partial charge in [0.25, 0.3) is 0 Å². The van der Waals surface area contributed by atoms with Crippen LogP contribution in [0, 0.1) is 11.6 Å². The van der Waals surface area contributed by atoms with E-state index in [1.54, 1.807) is 0 Å². The molecule has 160 valence electrons. The van der Waals surface area contributed by atoms with E-state index in [1.807, 2.05) is 0 Å². The van der Waals surface area contributed by atoms with Gasteiger partial charge in [0.15, 0.2) is 0 Å². The molecule has 0 spiro atoms. The topological polar surface area (TPSA) is 150 Å². The highest BCUT2D eigenvalue weighted by Gasteiger charge is 2.20. The lowest BCUT2D eigenvalue weighted by molar-refractivity contribution is 0.413.